The molecule has 8 heteroatoms. The zero-order valence-corrected chi connectivity index (χ0v) is 17.6. The van der Waals surface area contributed by atoms with Gasteiger partial charge in [0.25, 0.3) is 0 Å². The molecule has 0 atom stereocenters. The fourth-order valence-electron chi connectivity index (χ4n) is 4.41. The van der Waals surface area contributed by atoms with Crippen LogP contribution < -0.4 is 0 Å². The van der Waals surface area contributed by atoms with Crippen molar-refractivity contribution >= 4 is 17.5 Å². The van der Waals surface area contributed by atoms with Gasteiger partial charge in [-0.3, -0.25) is 9.36 Å². The smallest absolute Gasteiger partial charge is 0.248 e. The number of aliphatic hydroxyl groups excluding tert-OH is 1. The molecule has 2 aliphatic rings. The molecule has 2 aromatic rings. The first-order valence-electron chi connectivity index (χ1n) is 10.2. The molecule has 29 heavy (non-hydrogen) atoms. The average Bonchev–Trinajstić information content (AvgIpc) is 3.03. The van der Waals surface area contributed by atoms with E-state index in [1.54, 1.807) is 4.90 Å². The fraction of sp³-hybridized carbons (Fsp3) is 0.571. The zero-order chi connectivity index (χ0) is 20.5. The van der Waals surface area contributed by atoms with Crippen LogP contribution in [0, 0.1) is 0 Å². The lowest BCUT2D eigenvalue weighted by molar-refractivity contribution is -0.135. The summed E-state index contributed by atoms with van der Waals surface area (Å²) in [6.45, 7) is 4.31. The number of benzene rings is 1. The summed E-state index contributed by atoms with van der Waals surface area (Å²) >= 11 is 6.23. The van der Waals surface area contributed by atoms with E-state index >= 15 is 0 Å². The summed E-state index contributed by atoms with van der Waals surface area (Å²) < 4.78 is 8.07. The Balaban J connectivity index is 1.67. The highest BCUT2D eigenvalue weighted by Gasteiger charge is 2.31. The van der Waals surface area contributed by atoms with Gasteiger partial charge in [-0.2, -0.15) is 0 Å². The van der Waals surface area contributed by atoms with Gasteiger partial charge in [0, 0.05) is 17.5 Å². The van der Waals surface area contributed by atoms with Crippen molar-refractivity contribution in [3.63, 3.8) is 0 Å². The Labute approximate surface area is 175 Å². The number of carbonyl (C=O) groups excluding carboxylic acids is 1. The van der Waals surface area contributed by atoms with E-state index in [1.165, 1.54) is 0 Å². The monoisotopic (exact) mass is 418 g/mol. The average molecular weight is 419 g/mol. The molecule has 1 N–H and O–H groups in total. The van der Waals surface area contributed by atoms with Gasteiger partial charge in [0.1, 0.15) is 12.4 Å². The third kappa shape index (κ3) is 4.17. The van der Waals surface area contributed by atoms with Crippen molar-refractivity contribution < 1.29 is 14.6 Å². The van der Waals surface area contributed by atoms with Crippen molar-refractivity contribution in [3.8, 4) is 5.69 Å². The van der Waals surface area contributed by atoms with Crippen LogP contribution >= 0.6 is 11.6 Å². The minimum atomic E-state index is -0.531. The number of aromatic nitrogens is 3. The number of aliphatic hydroxyl groups is 1. The maximum absolute atomic E-state index is 12.2. The summed E-state index contributed by atoms with van der Waals surface area (Å²) in [4.78, 5) is 13.8. The molecule has 1 aliphatic heterocycles. The Hall–Kier alpha value is -1.96. The predicted molar refractivity (Wildman–Crippen MR) is 109 cm³/mol. The molecule has 1 aromatic carbocycles. The van der Waals surface area contributed by atoms with Crippen LogP contribution in [0.15, 0.2) is 18.2 Å². The van der Waals surface area contributed by atoms with Gasteiger partial charge in [0.15, 0.2) is 5.82 Å². The second-order valence-corrected chi connectivity index (χ2v) is 8.59. The van der Waals surface area contributed by atoms with E-state index in [0.29, 0.717) is 36.0 Å². The van der Waals surface area contributed by atoms with E-state index in [-0.39, 0.29) is 12.0 Å². The van der Waals surface area contributed by atoms with Crippen LogP contribution in [0.3, 0.4) is 0 Å². The second-order valence-electron chi connectivity index (χ2n) is 8.15. The maximum atomic E-state index is 12.2. The largest absolute Gasteiger partial charge is 0.387 e. The van der Waals surface area contributed by atoms with Crippen molar-refractivity contribution in [1.29, 1.82) is 0 Å². The molecular weight excluding hydrogens is 392 g/mol. The Morgan fingerprint density at radius 3 is 2.69 bits per heavy atom. The molecule has 1 saturated carbocycles. The van der Waals surface area contributed by atoms with Crippen molar-refractivity contribution in [3.05, 3.63) is 40.4 Å². The van der Waals surface area contributed by atoms with Gasteiger partial charge in [0.2, 0.25) is 5.91 Å². The number of fused-ring (bicyclic) bond motifs is 3. The van der Waals surface area contributed by atoms with Gasteiger partial charge in [-0.25, -0.2) is 0 Å². The molecule has 1 aliphatic carbocycles. The van der Waals surface area contributed by atoms with Gasteiger partial charge >= 0.3 is 0 Å². The van der Waals surface area contributed by atoms with Crippen LogP contribution in [0.2, 0.25) is 5.02 Å². The van der Waals surface area contributed by atoms with Crippen molar-refractivity contribution in [2.45, 2.75) is 70.7 Å². The Kier molecular flexibility index (Phi) is 5.90. The number of hydrogen-bond acceptors (Lipinski definition) is 5. The molecule has 2 heterocycles. The van der Waals surface area contributed by atoms with E-state index in [9.17, 15) is 9.90 Å². The molecule has 1 amide bonds. The van der Waals surface area contributed by atoms with Gasteiger partial charge in [-0.05, 0) is 63.3 Å². The maximum Gasteiger partial charge on any atom is 0.248 e. The molecule has 1 fully saturated rings. The molecule has 7 nitrogen and oxygen atoms in total. The van der Waals surface area contributed by atoms with Gasteiger partial charge in [-0.1, -0.05) is 11.6 Å². The Bertz CT molecular complexity index is 890. The lowest BCUT2D eigenvalue weighted by Gasteiger charge is -2.29. The quantitative estimate of drug-likeness (QED) is 0.824. The van der Waals surface area contributed by atoms with E-state index in [1.807, 2.05) is 18.2 Å². The number of amides is 1. The van der Waals surface area contributed by atoms with Crippen LogP contribution in [0.4, 0.5) is 0 Å². The summed E-state index contributed by atoms with van der Waals surface area (Å²) in [6.07, 6.45) is 4.56. The standard InChI is InChI=1S/C21H27ClN4O3/c1-13(2)29-17-6-3-14(4-7-17)21-24-23-19-11-25(20(28)12-27)10-15-9-16(22)5-8-18(15)26(19)21/h5,8-9,13-14,17,27H,3-4,6-7,10-12H2,1-2H3. The van der Waals surface area contributed by atoms with Crippen LogP contribution in [0.25, 0.3) is 5.69 Å². The topological polar surface area (TPSA) is 80.5 Å². The van der Waals surface area contributed by atoms with E-state index in [4.69, 9.17) is 16.3 Å². The molecule has 156 valence electrons. The Morgan fingerprint density at radius 1 is 1.24 bits per heavy atom. The minimum Gasteiger partial charge on any atom is -0.387 e. The van der Waals surface area contributed by atoms with Crippen molar-refractivity contribution in [1.82, 2.24) is 19.7 Å². The summed E-state index contributed by atoms with van der Waals surface area (Å²) in [5.74, 6) is 1.61. The first-order valence-corrected chi connectivity index (χ1v) is 10.6. The number of carbonyl (C=O) groups is 1. The molecule has 0 saturated heterocycles. The highest BCUT2D eigenvalue weighted by Crippen LogP contribution is 2.37. The number of nitrogens with zero attached hydrogens (tertiary/aromatic N) is 4. The second kappa shape index (κ2) is 8.42. The molecule has 0 spiro atoms. The summed E-state index contributed by atoms with van der Waals surface area (Å²) in [5.41, 5.74) is 1.88. The van der Waals surface area contributed by atoms with Gasteiger partial charge in [-0.15, -0.1) is 10.2 Å². The third-order valence-corrected chi connectivity index (χ3v) is 5.96. The predicted octanol–water partition coefficient (Wildman–Crippen LogP) is 3.21. The van der Waals surface area contributed by atoms with Crippen LogP contribution in [0.1, 0.15) is 62.7 Å². The number of ether oxygens (including phenoxy) is 1. The summed E-state index contributed by atoms with van der Waals surface area (Å²) in [5, 5.41) is 18.9. The first kappa shape index (κ1) is 20.3. The normalized spacial score (nSPS) is 21.6. The lowest BCUT2D eigenvalue weighted by atomic mass is 9.86. The lowest BCUT2D eigenvalue weighted by Crippen LogP contribution is -2.32. The fourth-order valence-corrected chi connectivity index (χ4v) is 4.60. The number of halogens is 1. The van der Waals surface area contributed by atoms with Crippen LogP contribution in [-0.4, -0.2) is 49.5 Å². The van der Waals surface area contributed by atoms with Gasteiger partial charge < -0.3 is 14.7 Å². The van der Waals surface area contributed by atoms with E-state index in [0.717, 1.165) is 42.8 Å². The van der Waals surface area contributed by atoms with Crippen LogP contribution in [-0.2, 0) is 22.6 Å². The molecule has 1 aromatic heterocycles. The molecule has 0 radical (unpaired) electrons. The Morgan fingerprint density at radius 2 is 2.00 bits per heavy atom. The third-order valence-electron chi connectivity index (χ3n) is 5.72. The highest BCUT2D eigenvalue weighted by molar-refractivity contribution is 6.30. The van der Waals surface area contributed by atoms with E-state index < -0.39 is 6.61 Å². The molecular formula is C21H27ClN4O3. The molecule has 0 unspecified atom stereocenters. The minimum absolute atomic E-state index is 0.243. The zero-order valence-electron chi connectivity index (χ0n) is 16.8. The highest BCUT2D eigenvalue weighted by atomic mass is 35.5. The number of hydrogen-bond donors (Lipinski definition) is 1. The first-order chi connectivity index (χ1) is 14.0. The summed E-state index contributed by atoms with van der Waals surface area (Å²) in [7, 11) is 0. The van der Waals surface area contributed by atoms with Crippen LogP contribution in [0.5, 0.6) is 0 Å². The SMILES string of the molecule is CC(C)OC1CCC(c2nnc3n2-c2ccc(Cl)cc2CN(C(=O)CO)C3)CC1. The molecule has 4 rings (SSSR count). The van der Waals surface area contributed by atoms with Crippen molar-refractivity contribution in [2.75, 3.05) is 6.61 Å². The van der Waals surface area contributed by atoms with Crippen molar-refractivity contribution in [2.24, 2.45) is 0 Å². The molecule has 0 bridgehead atoms. The van der Waals surface area contributed by atoms with Gasteiger partial charge in [0.05, 0.1) is 24.4 Å². The summed E-state index contributed by atoms with van der Waals surface area (Å²) in [6, 6.07) is 5.69. The van der Waals surface area contributed by atoms with E-state index in [2.05, 4.69) is 28.6 Å². The number of rotatable bonds is 4.